The molecule has 1 aliphatic rings. The first kappa shape index (κ1) is 23.4. The molecule has 32 heavy (non-hydrogen) atoms. The lowest BCUT2D eigenvalue weighted by Gasteiger charge is -2.31. The van der Waals surface area contributed by atoms with Crippen molar-refractivity contribution in [1.82, 2.24) is 4.31 Å². The maximum atomic E-state index is 13.9. The van der Waals surface area contributed by atoms with E-state index in [1.54, 1.807) is 6.07 Å². The van der Waals surface area contributed by atoms with E-state index in [1.807, 2.05) is 6.07 Å². The molecule has 2 aromatic rings. The molecular weight excluding hydrogens is 441 g/mol. The van der Waals surface area contributed by atoms with Crippen LogP contribution in [-0.2, 0) is 10.0 Å². The van der Waals surface area contributed by atoms with Gasteiger partial charge in [-0.15, -0.1) is 0 Å². The van der Waals surface area contributed by atoms with Crippen LogP contribution in [0, 0.1) is 28.5 Å². The van der Waals surface area contributed by atoms with Gasteiger partial charge in [-0.3, -0.25) is 0 Å². The fourth-order valence-corrected chi connectivity index (χ4v) is 5.04. The lowest BCUT2D eigenvalue weighted by Crippen LogP contribution is -2.53. The molecule has 3 rings (SSSR count). The molecular formula is C21H20FN3O6S. The zero-order chi connectivity index (χ0) is 23.7. The molecule has 1 saturated heterocycles. The van der Waals surface area contributed by atoms with Crippen molar-refractivity contribution in [3.63, 3.8) is 0 Å². The Hall–Kier alpha value is -3.22. The highest BCUT2D eigenvalue weighted by Crippen LogP contribution is 2.34. The van der Waals surface area contributed by atoms with E-state index < -0.39 is 40.2 Å². The fraction of sp³-hybridized carbons (Fsp3) is 0.333. The molecule has 2 N–H and O–H groups in total. The van der Waals surface area contributed by atoms with Gasteiger partial charge in [0.15, 0.2) is 0 Å². The van der Waals surface area contributed by atoms with Crippen molar-refractivity contribution in [3.8, 4) is 23.6 Å². The van der Waals surface area contributed by atoms with Gasteiger partial charge in [-0.2, -0.15) is 14.8 Å². The maximum Gasteiger partial charge on any atom is 0.244 e. The highest BCUT2D eigenvalue weighted by Gasteiger charge is 2.54. The summed E-state index contributed by atoms with van der Waals surface area (Å²) in [6, 6.07) is 10.8. The molecule has 0 saturated carbocycles. The van der Waals surface area contributed by atoms with Crippen LogP contribution in [0.4, 0.5) is 4.39 Å². The van der Waals surface area contributed by atoms with Crippen molar-refractivity contribution in [2.24, 2.45) is 0 Å². The molecule has 9 nitrogen and oxygen atoms in total. The second-order valence-corrected chi connectivity index (χ2v) is 9.20. The molecule has 0 aromatic heterocycles. The van der Waals surface area contributed by atoms with Crippen molar-refractivity contribution in [1.29, 1.82) is 10.5 Å². The Kier molecular flexibility index (Phi) is 6.39. The molecule has 1 heterocycles. The van der Waals surface area contributed by atoms with Crippen LogP contribution in [0.1, 0.15) is 18.1 Å². The Morgan fingerprint density at radius 3 is 2.41 bits per heavy atom. The van der Waals surface area contributed by atoms with Crippen LogP contribution in [-0.4, -0.2) is 60.9 Å². The monoisotopic (exact) mass is 461 g/mol. The first-order valence-electron chi connectivity index (χ1n) is 9.42. The standard InChI is InChI=1S/C21H20FN3O6S/c1-13(26)21(27)12-25(11-20(21)31-17-4-3-14(9-23)18(22)8-17)32(28,29)19-6-5-16(30-2)7-15(19)10-24/h3-8,13,20,26-27H,11-12H2,1-2H3/t13-,20-,21+/m0/s1. The van der Waals surface area contributed by atoms with Gasteiger partial charge >= 0.3 is 0 Å². The summed E-state index contributed by atoms with van der Waals surface area (Å²) in [6.45, 7) is 0.384. The molecule has 168 valence electrons. The summed E-state index contributed by atoms with van der Waals surface area (Å²) in [5.74, 6) is -0.594. The summed E-state index contributed by atoms with van der Waals surface area (Å²) in [5.41, 5.74) is -2.37. The van der Waals surface area contributed by atoms with Crippen LogP contribution >= 0.6 is 0 Å². The Labute approximate surface area is 184 Å². The number of benzene rings is 2. The van der Waals surface area contributed by atoms with Gasteiger partial charge in [0.1, 0.15) is 46.1 Å². The van der Waals surface area contributed by atoms with E-state index in [0.717, 1.165) is 10.4 Å². The van der Waals surface area contributed by atoms with E-state index in [9.17, 15) is 28.3 Å². The summed E-state index contributed by atoms with van der Waals surface area (Å²) in [6.07, 6.45) is -2.66. The number of rotatable bonds is 6. The number of nitrogens with zero attached hydrogens (tertiary/aromatic N) is 3. The summed E-state index contributed by atoms with van der Waals surface area (Å²) in [5, 5.41) is 39.5. The minimum atomic E-state index is -4.27. The SMILES string of the molecule is COc1ccc(S(=O)(=O)N2C[C@H](Oc3ccc(C#N)c(F)c3)[C@](O)([C@H](C)O)C2)c(C#N)c1. The van der Waals surface area contributed by atoms with Crippen molar-refractivity contribution in [3.05, 3.63) is 53.3 Å². The molecule has 3 atom stereocenters. The largest absolute Gasteiger partial charge is 0.497 e. The molecule has 0 aliphatic carbocycles. The second kappa shape index (κ2) is 8.73. The van der Waals surface area contributed by atoms with E-state index in [2.05, 4.69) is 0 Å². The normalized spacial score (nSPS) is 22.0. The van der Waals surface area contributed by atoms with Gasteiger partial charge in [0.05, 0.1) is 30.9 Å². The van der Waals surface area contributed by atoms with E-state index in [4.69, 9.17) is 14.7 Å². The molecule has 1 aliphatic heterocycles. The van der Waals surface area contributed by atoms with E-state index in [-0.39, 0.29) is 28.3 Å². The lowest BCUT2D eigenvalue weighted by molar-refractivity contribution is -0.104. The zero-order valence-corrected chi connectivity index (χ0v) is 18.0. The van der Waals surface area contributed by atoms with Crippen molar-refractivity contribution in [2.75, 3.05) is 20.2 Å². The predicted molar refractivity (Wildman–Crippen MR) is 109 cm³/mol. The number of methoxy groups -OCH3 is 1. The number of β-amino-alcohol motifs (C(OH)–C–C–N with tert-alkyl or cyclic N) is 1. The molecule has 0 radical (unpaired) electrons. The molecule has 2 aromatic carbocycles. The minimum absolute atomic E-state index is 0.0491. The Morgan fingerprint density at radius 1 is 1.19 bits per heavy atom. The smallest absolute Gasteiger partial charge is 0.244 e. The summed E-state index contributed by atoms with van der Waals surface area (Å²) in [4.78, 5) is -0.293. The second-order valence-electron chi connectivity index (χ2n) is 7.30. The van der Waals surface area contributed by atoms with Gasteiger partial charge < -0.3 is 19.7 Å². The number of nitriles is 2. The predicted octanol–water partition coefficient (Wildman–Crippen LogP) is 1.14. The van der Waals surface area contributed by atoms with Crippen LogP contribution in [0.5, 0.6) is 11.5 Å². The number of aliphatic hydroxyl groups is 2. The first-order valence-corrected chi connectivity index (χ1v) is 10.9. The quantitative estimate of drug-likeness (QED) is 0.652. The summed E-state index contributed by atoms with van der Waals surface area (Å²) in [7, 11) is -2.89. The minimum Gasteiger partial charge on any atom is -0.497 e. The van der Waals surface area contributed by atoms with Crippen molar-refractivity contribution < 1.29 is 32.5 Å². The first-order chi connectivity index (χ1) is 15.1. The summed E-state index contributed by atoms with van der Waals surface area (Å²) >= 11 is 0. The van der Waals surface area contributed by atoms with Gasteiger partial charge in [0.2, 0.25) is 10.0 Å². The molecule has 0 amide bonds. The third-order valence-electron chi connectivity index (χ3n) is 5.34. The number of halogens is 1. The van der Waals surface area contributed by atoms with Gasteiger partial charge in [0.25, 0.3) is 0 Å². The van der Waals surface area contributed by atoms with Crippen LogP contribution in [0.2, 0.25) is 0 Å². The molecule has 0 bridgehead atoms. The van der Waals surface area contributed by atoms with Crippen molar-refractivity contribution in [2.45, 2.75) is 29.6 Å². The van der Waals surface area contributed by atoms with Gasteiger partial charge in [-0.1, -0.05) is 0 Å². The molecule has 0 unspecified atom stereocenters. The van der Waals surface area contributed by atoms with E-state index >= 15 is 0 Å². The van der Waals surface area contributed by atoms with E-state index in [1.165, 1.54) is 44.4 Å². The number of ether oxygens (including phenoxy) is 2. The highest BCUT2D eigenvalue weighted by molar-refractivity contribution is 7.89. The van der Waals surface area contributed by atoms with Gasteiger partial charge in [-0.05, 0) is 37.3 Å². The fourth-order valence-electron chi connectivity index (χ4n) is 3.43. The lowest BCUT2D eigenvalue weighted by atomic mass is 9.94. The average molecular weight is 461 g/mol. The average Bonchev–Trinajstić information content (AvgIpc) is 3.11. The van der Waals surface area contributed by atoms with Crippen LogP contribution in [0.25, 0.3) is 0 Å². The number of hydrogen-bond acceptors (Lipinski definition) is 8. The van der Waals surface area contributed by atoms with Crippen LogP contribution in [0.3, 0.4) is 0 Å². The third kappa shape index (κ3) is 4.11. The maximum absolute atomic E-state index is 13.9. The van der Waals surface area contributed by atoms with Crippen LogP contribution in [0.15, 0.2) is 41.3 Å². The van der Waals surface area contributed by atoms with Gasteiger partial charge in [-0.25, -0.2) is 12.8 Å². The zero-order valence-electron chi connectivity index (χ0n) is 17.2. The number of sulfonamides is 1. The third-order valence-corrected chi connectivity index (χ3v) is 7.21. The van der Waals surface area contributed by atoms with Gasteiger partial charge in [0, 0.05) is 12.6 Å². The molecule has 11 heteroatoms. The Morgan fingerprint density at radius 2 is 1.84 bits per heavy atom. The Balaban J connectivity index is 1.96. The highest BCUT2D eigenvalue weighted by atomic mass is 32.2. The van der Waals surface area contributed by atoms with Crippen LogP contribution < -0.4 is 9.47 Å². The molecule has 0 spiro atoms. The van der Waals surface area contributed by atoms with Crippen molar-refractivity contribution >= 4 is 10.0 Å². The summed E-state index contributed by atoms with van der Waals surface area (Å²) < 4.78 is 52.0. The number of aliphatic hydroxyl groups excluding tert-OH is 1. The molecule has 1 fully saturated rings. The number of hydrogen-bond donors (Lipinski definition) is 2. The topological polar surface area (TPSA) is 144 Å². The van der Waals surface area contributed by atoms with E-state index in [0.29, 0.717) is 5.75 Å². The Bertz CT molecular complexity index is 1220.